The summed E-state index contributed by atoms with van der Waals surface area (Å²) in [5, 5.41) is 3.34. The van der Waals surface area contributed by atoms with Crippen LogP contribution >= 0.6 is 11.8 Å². The van der Waals surface area contributed by atoms with Crippen molar-refractivity contribution in [3.05, 3.63) is 0 Å². The van der Waals surface area contributed by atoms with Gasteiger partial charge in [-0.25, -0.2) is 0 Å². The average molecular weight is 147 g/mol. The zero-order valence-electron chi connectivity index (χ0n) is 6.61. The minimum Gasteiger partial charge on any atom is -0.306 e. The summed E-state index contributed by atoms with van der Waals surface area (Å²) in [6.07, 6.45) is 1.28. The summed E-state index contributed by atoms with van der Waals surface area (Å²) in [6, 6.07) is 0.634. The molecule has 0 spiro atoms. The van der Waals surface area contributed by atoms with Crippen LogP contribution in [-0.2, 0) is 0 Å². The lowest BCUT2D eigenvalue weighted by atomic mass is 10.4. The first-order valence-corrected chi connectivity index (χ1v) is 4.74. The van der Waals surface area contributed by atoms with Crippen molar-refractivity contribution in [1.82, 2.24) is 5.32 Å². The highest BCUT2D eigenvalue weighted by Crippen LogP contribution is 1.98. The van der Waals surface area contributed by atoms with Gasteiger partial charge in [-0.2, -0.15) is 0 Å². The molecule has 0 atom stereocenters. The van der Waals surface area contributed by atoms with Crippen LogP contribution in [0.4, 0.5) is 0 Å². The van der Waals surface area contributed by atoms with E-state index in [1.807, 2.05) is 11.8 Å². The third kappa shape index (κ3) is 8.31. The number of hydrogen-bond donors (Lipinski definition) is 1. The van der Waals surface area contributed by atoms with Crippen molar-refractivity contribution < 1.29 is 0 Å². The van der Waals surface area contributed by atoms with E-state index in [1.54, 1.807) is 0 Å². The molecule has 0 bridgehead atoms. The molecule has 0 saturated carbocycles. The SMILES string of the molecule is CCCSCNC(C)C. The molecule has 1 N–H and O–H groups in total. The number of nitrogens with one attached hydrogen (secondary N) is 1. The van der Waals surface area contributed by atoms with Crippen molar-refractivity contribution in [2.75, 3.05) is 11.6 Å². The molecule has 0 aromatic heterocycles. The van der Waals surface area contributed by atoms with Gasteiger partial charge in [-0.3, -0.25) is 0 Å². The molecule has 0 saturated heterocycles. The van der Waals surface area contributed by atoms with Gasteiger partial charge in [0.05, 0.1) is 0 Å². The third-order valence-corrected chi connectivity index (χ3v) is 2.01. The molecule has 0 unspecified atom stereocenters. The predicted octanol–water partition coefficient (Wildman–Crippen LogP) is 2.09. The van der Waals surface area contributed by atoms with E-state index in [0.29, 0.717) is 6.04 Å². The van der Waals surface area contributed by atoms with Crippen LogP contribution in [0, 0.1) is 0 Å². The van der Waals surface area contributed by atoms with Gasteiger partial charge in [0.1, 0.15) is 0 Å². The van der Waals surface area contributed by atoms with Crippen LogP contribution in [0.5, 0.6) is 0 Å². The molecule has 0 aromatic rings. The summed E-state index contributed by atoms with van der Waals surface area (Å²) in [6.45, 7) is 6.56. The predicted molar refractivity (Wildman–Crippen MR) is 45.9 cm³/mol. The molecule has 0 aliphatic heterocycles. The van der Waals surface area contributed by atoms with Crippen LogP contribution in [0.15, 0.2) is 0 Å². The molecule has 0 fully saturated rings. The molecule has 0 radical (unpaired) electrons. The highest BCUT2D eigenvalue weighted by Gasteiger charge is 1.89. The van der Waals surface area contributed by atoms with Crippen molar-refractivity contribution in [2.45, 2.75) is 33.2 Å². The van der Waals surface area contributed by atoms with Crippen LogP contribution in [0.1, 0.15) is 27.2 Å². The van der Waals surface area contributed by atoms with E-state index in [0.717, 1.165) is 5.88 Å². The summed E-state index contributed by atoms with van der Waals surface area (Å²) in [5.74, 6) is 2.38. The van der Waals surface area contributed by atoms with E-state index in [2.05, 4.69) is 26.1 Å². The fourth-order valence-corrected chi connectivity index (χ4v) is 1.33. The van der Waals surface area contributed by atoms with Gasteiger partial charge in [0.15, 0.2) is 0 Å². The standard InChI is InChI=1S/C7H17NS/c1-4-5-9-6-8-7(2)3/h7-8H,4-6H2,1-3H3. The highest BCUT2D eigenvalue weighted by atomic mass is 32.2. The molecule has 0 rings (SSSR count). The van der Waals surface area contributed by atoms with Gasteiger partial charge in [0.2, 0.25) is 0 Å². The second-order valence-electron chi connectivity index (χ2n) is 2.41. The maximum Gasteiger partial charge on any atom is 0.0419 e. The quantitative estimate of drug-likeness (QED) is 0.472. The maximum absolute atomic E-state index is 3.34. The van der Waals surface area contributed by atoms with Crippen LogP contribution in [0.3, 0.4) is 0 Å². The van der Waals surface area contributed by atoms with Crippen LogP contribution in [0.25, 0.3) is 0 Å². The van der Waals surface area contributed by atoms with E-state index in [-0.39, 0.29) is 0 Å². The van der Waals surface area contributed by atoms with E-state index < -0.39 is 0 Å². The highest BCUT2D eigenvalue weighted by molar-refractivity contribution is 7.99. The Hall–Kier alpha value is 0.310. The molecule has 0 aliphatic carbocycles. The zero-order chi connectivity index (χ0) is 7.11. The van der Waals surface area contributed by atoms with Crippen LogP contribution in [0.2, 0.25) is 0 Å². The van der Waals surface area contributed by atoms with Gasteiger partial charge < -0.3 is 5.32 Å². The van der Waals surface area contributed by atoms with Gasteiger partial charge in [-0.05, 0) is 12.2 Å². The van der Waals surface area contributed by atoms with Gasteiger partial charge in [0.25, 0.3) is 0 Å². The second kappa shape index (κ2) is 6.43. The Balaban J connectivity index is 2.75. The van der Waals surface area contributed by atoms with Crippen molar-refractivity contribution >= 4 is 11.8 Å². The molecular weight excluding hydrogens is 130 g/mol. The van der Waals surface area contributed by atoms with E-state index in [4.69, 9.17) is 0 Å². The minimum absolute atomic E-state index is 0.634. The van der Waals surface area contributed by atoms with Crippen molar-refractivity contribution in [3.8, 4) is 0 Å². The Bertz CT molecular complexity index is 54.9. The van der Waals surface area contributed by atoms with Crippen LogP contribution in [-0.4, -0.2) is 17.7 Å². The lowest BCUT2D eigenvalue weighted by Gasteiger charge is -2.05. The topological polar surface area (TPSA) is 12.0 Å². The lowest BCUT2D eigenvalue weighted by Crippen LogP contribution is -2.21. The first-order valence-electron chi connectivity index (χ1n) is 3.58. The Labute approximate surface area is 62.6 Å². The normalized spacial score (nSPS) is 10.7. The molecule has 56 valence electrons. The van der Waals surface area contributed by atoms with Gasteiger partial charge in [-0.15, -0.1) is 11.8 Å². The monoisotopic (exact) mass is 147 g/mol. The molecular formula is C7H17NS. The number of rotatable bonds is 5. The summed E-state index contributed by atoms with van der Waals surface area (Å²) in [4.78, 5) is 0. The Kier molecular flexibility index (Phi) is 6.65. The van der Waals surface area contributed by atoms with Crippen molar-refractivity contribution in [2.24, 2.45) is 0 Å². The Morgan fingerprint density at radius 2 is 2.11 bits per heavy atom. The number of thioether (sulfide) groups is 1. The Morgan fingerprint density at radius 3 is 2.56 bits per heavy atom. The largest absolute Gasteiger partial charge is 0.306 e. The molecule has 1 nitrogen and oxygen atoms in total. The third-order valence-electron chi connectivity index (χ3n) is 0.942. The van der Waals surface area contributed by atoms with Crippen molar-refractivity contribution in [3.63, 3.8) is 0 Å². The van der Waals surface area contributed by atoms with E-state index in [1.165, 1.54) is 12.2 Å². The van der Waals surface area contributed by atoms with E-state index in [9.17, 15) is 0 Å². The molecule has 0 aromatic carbocycles. The molecule has 9 heavy (non-hydrogen) atoms. The summed E-state index contributed by atoms with van der Waals surface area (Å²) in [5.41, 5.74) is 0. The summed E-state index contributed by atoms with van der Waals surface area (Å²) >= 11 is 1.97. The zero-order valence-corrected chi connectivity index (χ0v) is 7.42. The Morgan fingerprint density at radius 1 is 1.44 bits per heavy atom. The molecule has 0 heterocycles. The first-order chi connectivity index (χ1) is 4.27. The van der Waals surface area contributed by atoms with Gasteiger partial charge in [-0.1, -0.05) is 20.8 Å². The molecule has 0 aliphatic rings. The van der Waals surface area contributed by atoms with Gasteiger partial charge in [0, 0.05) is 11.9 Å². The summed E-state index contributed by atoms with van der Waals surface area (Å²) < 4.78 is 0. The number of hydrogen-bond acceptors (Lipinski definition) is 2. The molecule has 0 amide bonds. The second-order valence-corrected chi connectivity index (χ2v) is 3.52. The lowest BCUT2D eigenvalue weighted by molar-refractivity contribution is 0.654. The van der Waals surface area contributed by atoms with E-state index >= 15 is 0 Å². The smallest absolute Gasteiger partial charge is 0.0419 e. The molecule has 2 heteroatoms. The van der Waals surface area contributed by atoms with Gasteiger partial charge >= 0.3 is 0 Å². The summed E-state index contributed by atoms with van der Waals surface area (Å²) in [7, 11) is 0. The van der Waals surface area contributed by atoms with Crippen LogP contribution < -0.4 is 5.32 Å². The fourth-order valence-electron chi connectivity index (χ4n) is 0.442. The first kappa shape index (κ1) is 9.31. The maximum atomic E-state index is 3.34. The average Bonchev–Trinajstić information content (AvgIpc) is 1.80. The minimum atomic E-state index is 0.634. The fraction of sp³-hybridized carbons (Fsp3) is 1.00. The van der Waals surface area contributed by atoms with Crippen molar-refractivity contribution in [1.29, 1.82) is 0 Å².